The van der Waals surface area contributed by atoms with Crippen LogP contribution in [-0.4, -0.2) is 55.0 Å². The zero-order chi connectivity index (χ0) is 21.5. The fourth-order valence-electron chi connectivity index (χ4n) is 4.47. The number of hydrogen-bond acceptors (Lipinski definition) is 3. The molecule has 3 rings (SSSR count). The molecule has 1 saturated carbocycles. The van der Waals surface area contributed by atoms with Crippen LogP contribution in [0.2, 0.25) is 0 Å². The average Bonchev–Trinajstić information content (AvgIpc) is 2.74. The normalized spacial score (nSPS) is 18.5. The van der Waals surface area contributed by atoms with Crippen molar-refractivity contribution in [3.8, 4) is 0 Å². The molecule has 1 aromatic rings. The number of hydrogen-bond donors (Lipinski definition) is 2. The van der Waals surface area contributed by atoms with Crippen molar-refractivity contribution < 1.29 is 14.0 Å². The highest BCUT2D eigenvalue weighted by Gasteiger charge is 2.29. The number of carbonyl (C=O) groups excluding carboxylic acids is 2. The first kappa shape index (κ1) is 22.5. The Kier molecular flexibility index (Phi) is 8.08. The van der Waals surface area contributed by atoms with Gasteiger partial charge in [0.25, 0.3) is 0 Å². The number of benzene rings is 1. The highest BCUT2D eigenvalue weighted by molar-refractivity contribution is 5.79. The van der Waals surface area contributed by atoms with Crippen LogP contribution in [-0.2, 0) is 17.9 Å². The Morgan fingerprint density at radius 2 is 1.80 bits per heavy atom. The monoisotopic (exact) mass is 418 g/mol. The summed E-state index contributed by atoms with van der Waals surface area (Å²) in [6, 6.07) is 4.81. The van der Waals surface area contributed by atoms with Crippen LogP contribution in [0.1, 0.15) is 56.1 Å². The van der Waals surface area contributed by atoms with Gasteiger partial charge in [0.15, 0.2) is 0 Å². The fraction of sp³-hybridized carbons (Fsp3) is 0.652. The Balaban J connectivity index is 1.40. The number of piperidine rings is 1. The van der Waals surface area contributed by atoms with Crippen molar-refractivity contribution in [1.29, 1.82) is 0 Å². The Bertz CT molecular complexity index is 726. The molecule has 1 aliphatic heterocycles. The molecule has 0 radical (unpaired) electrons. The highest BCUT2D eigenvalue weighted by Crippen LogP contribution is 2.26. The lowest BCUT2D eigenvalue weighted by atomic mass is 9.87. The van der Waals surface area contributed by atoms with Crippen molar-refractivity contribution in [3.63, 3.8) is 0 Å². The number of rotatable bonds is 6. The first-order valence-electron chi connectivity index (χ1n) is 11.2. The second kappa shape index (κ2) is 10.8. The number of nitrogens with one attached hydrogen (secondary N) is 2. The van der Waals surface area contributed by atoms with Crippen LogP contribution in [0, 0.1) is 11.7 Å². The molecule has 3 amide bonds. The zero-order valence-corrected chi connectivity index (χ0v) is 18.3. The smallest absolute Gasteiger partial charge is 0.315 e. The van der Waals surface area contributed by atoms with Gasteiger partial charge in [-0.15, -0.1) is 0 Å². The molecule has 0 bridgehead atoms. The summed E-state index contributed by atoms with van der Waals surface area (Å²) in [4.78, 5) is 28.8. The fourth-order valence-corrected chi connectivity index (χ4v) is 4.47. The second-order valence-electron chi connectivity index (χ2n) is 8.93. The SMILES string of the molecule is CN(C)Cc1cc(CNC(=O)NC2CCN(C(=O)C3CCCCC3)CC2)ccc1F. The van der Waals surface area contributed by atoms with Crippen molar-refractivity contribution >= 4 is 11.9 Å². The largest absolute Gasteiger partial charge is 0.342 e. The molecule has 6 nitrogen and oxygen atoms in total. The van der Waals surface area contributed by atoms with Crippen LogP contribution in [0.25, 0.3) is 0 Å². The topological polar surface area (TPSA) is 64.7 Å². The highest BCUT2D eigenvalue weighted by atomic mass is 19.1. The molecule has 2 fully saturated rings. The molecule has 1 aliphatic carbocycles. The van der Waals surface area contributed by atoms with E-state index in [0.717, 1.165) is 31.2 Å². The number of urea groups is 1. The van der Waals surface area contributed by atoms with Gasteiger partial charge in [-0.2, -0.15) is 0 Å². The lowest BCUT2D eigenvalue weighted by molar-refractivity contribution is -0.137. The molecule has 0 spiro atoms. The van der Waals surface area contributed by atoms with Crippen LogP contribution < -0.4 is 10.6 Å². The van der Waals surface area contributed by atoms with Crippen LogP contribution in [0.5, 0.6) is 0 Å². The Morgan fingerprint density at radius 1 is 1.10 bits per heavy atom. The summed E-state index contributed by atoms with van der Waals surface area (Å²) in [6.07, 6.45) is 7.21. The quantitative estimate of drug-likeness (QED) is 0.745. The third-order valence-electron chi connectivity index (χ3n) is 6.15. The summed E-state index contributed by atoms with van der Waals surface area (Å²) in [6.45, 7) is 2.30. The summed E-state index contributed by atoms with van der Waals surface area (Å²) in [5.41, 5.74) is 1.49. The number of halogens is 1. The number of nitrogens with zero attached hydrogens (tertiary/aromatic N) is 2. The maximum absolute atomic E-state index is 13.9. The van der Waals surface area contributed by atoms with E-state index in [2.05, 4.69) is 10.6 Å². The molecule has 2 aliphatic rings. The van der Waals surface area contributed by atoms with Crippen LogP contribution in [0.4, 0.5) is 9.18 Å². The lowest BCUT2D eigenvalue weighted by Crippen LogP contribution is -2.50. The maximum Gasteiger partial charge on any atom is 0.315 e. The minimum Gasteiger partial charge on any atom is -0.342 e. The third-order valence-corrected chi connectivity index (χ3v) is 6.15. The van der Waals surface area contributed by atoms with Crippen molar-refractivity contribution in [2.45, 2.75) is 64.1 Å². The summed E-state index contributed by atoms with van der Waals surface area (Å²) in [7, 11) is 3.79. The first-order chi connectivity index (χ1) is 14.4. The molecule has 7 heteroatoms. The van der Waals surface area contributed by atoms with E-state index in [4.69, 9.17) is 0 Å². The molecule has 0 atom stereocenters. The second-order valence-corrected chi connectivity index (χ2v) is 8.93. The van der Waals surface area contributed by atoms with Gasteiger partial charge in [-0.1, -0.05) is 25.3 Å². The standard InChI is InChI=1S/C23H35FN4O2/c1-27(2)16-19-14-17(8-9-21(19)24)15-25-23(30)26-20-10-12-28(13-11-20)22(29)18-6-4-3-5-7-18/h8-9,14,18,20H,3-7,10-13,15-16H2,1-2H3,(H2,25,26,30). The van der Waals surface area contributed by atoms with Crippen molar-refractivity contribution in [2.75, 3.05) is 27.2 Å². The molecule has 166 valence electrons. The van der Waals surface area contributed by atoms with Gasteiger partial charge < -0.3 is 20.4 Å². The van der Waals surface area contributed by atoms with Gasteiger partial charge in [-0.3, -0.25) is 4.79 Å². The average molecular weight is 419 g/mol. The molecule has 0 unspecified atom stereocenters. The van der Waals surface area contributed by atoms with Gasteiger partial charge in [0.2, 0.25) is 5.91 Å². The van der Waals surface area contributed by atoms with Gasteiger partial charge in [0.05, 0.1) is 0 Å². The number of carbonyl (C=O) groups is 2. The van der Waals surface area contributed by atoms with Gasteiger partial charge in [-0.05, 0) is 57.5 Å². The lowest BCUT2D eigenvalue weighted by Gasteiger charge is -2.35. The zero-order valence-electron chi connectivity index (χ0n) is 18.3. The van der Waals surface area contributed by atoms with Gasteiger partial charge in [-0.25, -0.2) is 9.18 Å². The van der Waals surface area contributed by atoms with E-state index in [-0.39, 0.29) is 23.8 Å². The molecule has 1 heterocycles. The Hall–Kier alpha value is -2.15. The third kappa shape index (κ3) is 6.42. The van der Waals surface area contributed by atoms with Crippen LogP contribution in [0.15, 0.2) is 18.2 Å². The van der Waals surface area contributed by atoms with E-state index < -0.39 is 0 Å². The molecule has 0 aromatic heterocycles. The van der Waals surface area contributed by atoms with E-state index in [0.29, 0.717) is 37.6 Å². The van der Waals surface area contributed by atoms with Crippen molar-refractivity contribution in [3.05, 3.63) is 35.1 Å². The maximum atomic E-state index is 13.9. The van der Waals surface area contributed by atoms with E-state index >= 15 is 0 Å². The summed E-state index contributed by atoms with van der Waals surface area (Å²) in [5, 5.41) is 5.88. The van der Waals surface area contributed by atoms with E-state index in [1.54, 1.807) is 12.1 Å². The molecular weight excluding hydrogens is 383 g/mol. The van der Waals surface area contributed by atoms with Gasteiger partial charge >= 0.3 is 6.03 Å². The van der Waals surface area contributed by atoms with E-state index in [1.165, 1.54) is 25.3 Å². The van der Waals surface area contributed by atoms with Crippen molar-refractivity contribution in [2.24, 2.45) is 5.92 Å². The summed E-state index contributed by atoms with van der Waals surface area (Å²) in [5.74, 6) is 0.286. The molecular formula is C23H35FN4O2. The minimum atomic E-state index is -0.230. The minimum absolute atomic E-state index is 0.0814. The van der Waals surface area contributed by atoms with Crippen LogP contribution >= 0.6 is 0 Å². The number of amides is 3. The van der Waals surface area contributed by atoms with Crippen LogP contribution in [0.3, 0.4) is 0 Å². The molecule has 2 N–H and O–H groups in total. The van der Waals surface area contributed by atoms with Crippen molar-refractivity contribution in [1.82, 2.24) is 20.4 Å². The van der Waals surface area contributed by atoms with Gasteiger partial charge in [0.1, 0.15) is 5.82 Å². The summed E-state index contributed by atoms with van der Waals surface area (Å²) >= 11 is 0. The van der Waals surface area contributed by atoms with E-state index in [9.17, 15) is 14.0 Å². The number of likely N-dealkylation sites (tertiary alicyclic amines) is 1. The predicted molar refractivity (Wildman–Crippen MR) is 115 cm³/mol. The Labute approximate surface area is 179 Å². The Morgan fingerprint density at radius 3 is 2.47 bits per heavy atom. The van der Waals surface area contributed by atoms with E-state index in [1.807, 2.05) is 23.9 Å². The molecule has 1 saturated heterocycles. The van der Waals surface area contributed by atoms with Gasteiger partial charge in [0, 0.05) is 43.7 Å². The molecule has 1 aromatic carbocycles. The molecule has 30 heavy (non-hydrogen) atoms. The first-order valence-corrected chi connectivity index (χ1v) is 11.2. The predicted octanol–water partition coefficient (Wildman–Crippen LogP) is 3.26. The summed E-state index contributed by atoms with van der Waals surface area (Å²) < 4.78 is 13.9.